The van der Waals surface area contributed by atoms with Crippen LogP contribution in [0.4, 0.5) is 5.69 Å². The molecule has 0 aromatic heterocycles. The van der Waals surface area contributed by atoms with Gasteiger partial charge in [-0.05, 0) is 24.1 Å². The van der Waals surface area contributed by atoms with Gasteiger partial charge < -0.3 is 16.6 Å². The largest absolute Gasteiger partial charge is 0.480 e. The first kappa shape index (κ1) is 9.54. The normalized spacial score (nSPS) is 12.4. The van der Waals surface area contributed by atoms with E-state index >= 15 is 0 Å². The lowest BCUT2D eigenvalue weighted by molar-refractivity contribution is -0.138. The summed E-state index contributed by atoms with van der Waals surface area (Å²) in [5.41, 5.74) is 12.4. The lowest BCUT2D eigenvalue weighted by atomic mass is 10.1. The molecule has 0 heterocycles. The molecule has 4 nitrogen and oxygen atoms in total. The van der Waals surface area contributed by atoms with Crippen molar-refractivity contribution in [1.82, 2.24) is 0 Å². The second kappa shape index (κ2) is 3.91. The van der Waals surface area contributed by atoms with E-state index in [-0.39, 0.29) is 0 Å². The summed E-state index contributed by atoms with van der Waals surface area (Å²) < 4.78 is 0. The molecule has 0 radical (unpaired) electrons. The first-order valence-electron chi connectivity index (χ1n) is 3.92. The minimum absolute atomic E-state index is 0.329. The molecule has 0 saturated heterocycles. The average Bonchev–Trinajstić information content (AvgIpc) is 2.08. The van der Waals surface area contributed by atoms with Crippen LogP contribution in [-0.4, -0.2) is 17.1 Å². The van der Waals surface area contributed by atoms with Gasteiger partial charge in [0.05, 0.1) is 0 Å². The summed E-state index contributed by atoms with van der Waals surface area (Å²) in [4.78, 5) is 10.4. The zero-order valence-electron chi connectivity index (χ0n) is 7.10. The van der Waals surface area contributed by atoms with Crippen molar-refractivity contribution in [2.24, 2.45) is 5.73 Å². The SMILES string of the molecule is Nc1ccc(C[C@@H](N)C(=O)O)cc1. The van der Waals surface area contributed by atoms with Gasteiger partial charge in [0, 0.05) is 5.69 Å². The molecular weight excluding hydrogens is 168 g/mol. The molecule has 4 heteroatoms. The minimum atomic E-state index is -0.989. The van der Waals surface area contributed by atoms with E-state index in [4.69, 9.17) is 16.6 Å². The summed E-state index contributed by atoms with van der Waals surface area (Å²) in [6.07, 6.45) is 0.329. The third-order valence-electron chi connectivity index (χ3n) is 1.75. The molecule has 70 valence electrons. The minimum Gasteiger partial charge on any atom is -0.480 e. The standard InChI is InChI=1S/C9H12N2O2/c10-7-3-1-6(2-4-7)5-8(11)9(12)13/h1-4,8H,5,10-11H2,(H,12,13)/t8-/m1/s1. The van der Waals surface area contributed by atoms with Gasteiger partial charge in [0.15, 0.2) is 0 Å². The molecule has 1 rings (SSSR count). The highest BCUT2D eigenvalue weighted by Crippen LogP contribution is 2.07. The third-order valence-corrected chi connectivity index (χ3v) is 1.75. The van der Waals surface area contributed by atoms with Crippen molar-refractivity contribution in [3.63, 3.8) is 0 Å². The Balaban J connectivity index is 2.64. The number of aliphatic carboxylic acids is 1. The van der Waals surface area contributed by atoms with Gasteiger partial charge in [-0.25, -0.2) is 0 Å². The Morgan fingerprint density at radius 3 is 2.38 bits per heavy atom. The number of carbonyl (C=O) groups is 1. The molecule has 1 atom stereocenters. The van der Waals surface area contributed by atoms with E-state index < -0.39 is 12.0 Å². The number of benzene rings is 1. The highest BCUT2D eigenvalue weighted by molar-refractivity contribution is 5.73. The number of carboxylic acids is 1. The summed E-state index contributed by atoms with van der Waals surface area (Å²) in [7, 11) is 0. The number of hydrogen-bond donors (Lipinski definition) is 3. The molecule has 13 heavy (non-hydrogen) atoms. The summed E-state index contributed by atoms with van der Waals surface area (Å²) in [6.45, 7) is 0. The molecule has 0 bridgehead atoms. The lowest BCUT2D eigenvalue weighted by Crippen LogP contribution is -2.32. The van der Waals surface area contributed by atoms with E-state index in [1.54, 1.807) is 24.3 Å². The number of hydrogen-bond acceptors (Lipinski definition) is 3. The van der Waals surface area contributed by atoms with E-state index in [1.165, 1.54) is 0 Å². The Bertz CT molecular complexity index is 295. The van der Waals surface area contributed by atoms with Crippen LogP contribution in [-0.2, 0) is 11.2 Å². The van der Waals surface area contributed by atoms with Crippen molar-refractivity contribution >= 4 is 11.7 Å². The van der Waals surface area contributed by atoms with Gasteiger partial charge in [0.25, 0.3) is 0 Å². The van der Waals surface area contributed by atoms with Crippen LogP contribution in [0, 0.1) is 0 Å². The lowest BCUT2D eigenvalue weighted by Gasteiger charge is -2.05. The van der Waals surface area contributed by atoms with Crippen molar-refractivity contribution in [1.29, 1.82) is 0 Å². The first-order chi connectivity index (χ1) is 6.09. The van der Waals surface area contributed by atoms with Crippen LogP contribution < -0.4 is 11.5 Å². The van der Waals surface area contributed by atoms with Gasteiger partial charge in [-0.1, -0.05) is 12.1 Å². The van der Waals surface area contributed by atoms with Crippen LogP contribution in [0.25, 0.3) is 0 Å². The van der Waals surface area contributed by atoms with Crippen molar-refractivity contribution < 1.29 is 9.90 Å². The summed E-state index contributed by atoms with van der Waals surface area (Å²) in [5, 5.41) is 8.55. The number of anilines is 1. The maximum atomic E-state index is 10.4. The topological polar surface area (TPSA) is 89.3 Å². The van der Waals surface area contributed by atoms with Crippen molar-refractivity contribution in [3.05, 3.63) is 29.8 Å². The fourth-order valence-corrected chi connectivity index (χ4v) is 0.995. The Morgan fingerprint density at radius 1 is 1.38 bits per heavy atom. The molecule has 0 aliphatic heterocycles. The van der Waals surface area contributed by atoms with E-state index in [9.17, 15) is 4.79 Å². The van der Waals surface area contributed by atoms with Gasteiger partial charge in [0.2, 0.25) is 0 Å². The Morgan fingerprint density at radius 2 is 1.92 bits per heavy atom. The monoisotopic (exact) mass is 180 g/mol. The predicted octanol–water partition coefficient (Wildman–Crippen LogP) is 0.223. The number of nitrogens with two attached hydrogens (primary N) is 2. The van der Waals surface area contributed by atoms with Crippen LogP contribution in [0.15, 0.2) is 24.3 Å². The number of rotatable bonds is 3. The Labute approximate surface area is 76.2 Å². The van der Waals surface area contributed by atoms with Gasteiger partial charge >= 0.3 is 5.97 Å². The fraction of sp³-hybridized carbons (Fsp3) is 0.222. The van der Waals surface area contributed by atoms with Crippen LogP contribution >= 0.6 is 0 Å². The summed E-state index contributed by atoms with van der Waals surface area (Å²) >= 11 is 0. The maximum absolute atomic E-state index is 10.4. The molecule has 0 amide bonds. The highest BCUT2D eigenvalue weighted by Gasteiger charge is 2.11. The first-order valence-corrected chi connectivity index (χ1v) is 3.92. The van der Waals surface area contributed by atoms with E-state index in [2.05, 4.69) is 0 Å². The van der Waals surface area contributed by atoms with Crippen molar-refractivity contribution in [2.45, 2.75) is 12.5 Å². The molecule has 0 aliphatic carbocycles. The molecule has 0 unspecified atom stereocenters. The third kappa shape index (κ3) is 2.76. The van der Waals surface area contributed by atoms with Crippen molar-refractivity contribution in [2.75, 3.05) is 5.73 Å². The number of carboxylic acid groups (broad SMARTS) is 1. The van der Waals surface area contributed by atoms with Crippen LogP contribution in [0.3, 0.4) is 0 Å². The van der Waals surface area contributed by atoms with Crippen LogP contribution in [0.1, 0.15) is 5.56 Å². The Kier molecular flexibility index (Phi) is 2.87. The predicted molar refractivity (Wildman–Crippen MR) is 50.2 cm³/mol. The molecule has 0 aliphatic rings. The fourth-order valence-electron chi connectivity index (χ4n) is 0.995. The average molecular weight is 180 g/mol. The quantitative estimate of drug-likeness (QED) is 0.580. The molecule has 0 spiro atoms. The smallest absolute Gasteiger partial charge is 0.320 e. The molecule has 0 saturated carbocycles. The zero-order chi connectivity index (χ0) is 9.84. The molecule has 1 aromatic carbocycles. The second-order valence-corrected chi connectivity index (χ2v) is 2.89. The van der Waals surface area contributed by atoms with E-state index in [0.717, 1.165) is 5.56 Å². The number of nitrogen functional groups attached to an aromatic ring is 1. The van der Waals surface area contributed by atoms with Crippen molar-refractivity contribution in [3.8, 4) is 0 Å². The van der Waals surface area contributed by atoms with Crippen LogP contribution in [0.5, 0.6) is 0 Å². The highest BCUT2D eigenvalue weighted by atomic mass is 16.4. The Hall–Kier alpha value is -1.55. The summed E-state index contributed by atoms with van der Waals surface area (Å²) in [6, 6.07) is 6.16. The zero-order valence-corrected chi connectivity index (χ0v) is 7.10. The van der Waals surface area contributed by atoms with Gasteiger partial charge in [-0.3, -0.25) is 4.79 Å². The van der Waals surface area contributed by atoms with Gasteiger partial charge in [0.1, 0.15) is 6.04 Å². The second-order valence-electron chi connectivity index (χ2n) is 2.89. The maximum Gasteiger partial charge on any atom is 0.320 e. The molecule has 1 aromatic rings. The molecule has 0 fully saturated rings. The van der Waals surface area contributed by atoms with E-state index in [1.807, 2.05) is 0 Å². The van der Waals surface area contributed by atoms with Crippen LogP contribution in [0.2, 0.25) is 0 Å². The summed E-state index contributed by atoms with van der Waals surface area (Å²) in [5.74, 6) is -0.989. The van der Waals surface area contributed by atoms with Gasteiger partial charge in [-0.2, -0.15) is 0 Å². The molecule has 5 N–H and O–H groups in total. The van der Waals surface area contributed by atoms with Gasteiger partial charge in [-0.15, -0.1) is 0 Å². The molecular formula is C9H12N2O2. The van der Waals surface area contributed by atoms with E-state index in [0.29, 0.717) is 12.1 Å².